The average Bonchev–Trinajstić information content (AvgIpc) is 2.38. The summed E-state index contributed by atoms with van der Waals surface area (Å²) in [4.78, 5) is 11.1. The third-order valence-electron chi connectivity index (χ3n) is 2.68. The van der Waals surface area contributed by atoms with Gasteiger partial charge in [0.1, 0.15) is 0 Å². The normalized spacial score (nSPS) is 10.3. The van der Waals surface area contributed by atoms with Crippen LogP contribution in [-0.2, 0) is 6.61 Å². The Morgan fingerprint density at radius 1 is 1.17 bits per heavy atom. The monoisotopic (exact) mass is 305 g/mol. The Labute approximate surface area is 113 Å². The number of amides is 1. The lowest BCUT2D eigenvalue weighted by Gasteiger charge is -2.06. The van der Waals surface area contributed by atoms with Gasteiger partial charge in [-0.15, -0.1) is 0 Å². The number of hydrogen-bond donors (Lipinski definition) is 2. The maximum absolute atomic E-state index is 11.1. The number of aliphatic hydroxyl groups is 1. The Hall–Kier alpha value is -1.65. The highest BCUT2D eigenvalue weighted by Gasteiger charge is 2.07. The van der Waals surface area contributed by atoms with Gasteiger partial charge in [-0.25, -0.2) is 0 Å². The molecule has 2 aromatic rings. The topological polar surface area (TPSA) is 63.3 Å². The first-order valence-corrected chi connectivity index (χ1v) is 6.20. The van der Waals surface area contributed by atoms with Gasteiger partial charge in [0.15, 0.2) is 0 Å². The van der Waals surface area contributed by atoms with Gasteiger partial charge >= 0.3 is 0 Å². The summed E-state index contributed by atoms with van der Waals surface area (Å²) in [5.41, 5.74) is 8.50. The lowest BCUT2D eigenvalue weighted by molar-refractivity contribution is 0.0999. The number of aliphatic hydroxyl groups excluding tert-OH is 1. The first kappa shape index (κ1) is 12.8. The summed E-state index contributed by atoms with van der Waals surface area (Å²) in [5.74, 6) is -0.461. The summed E-state index contributed by atoms with van der Waals surface area (Å²) in [7, 11) is 0. The largest absolute Gasteiger partial charge is 0.392 e. The van der Waals surface area contributed by atoms with E-state index in [-0.39, 0.29) is 6.61 Å². The zero-order valence-electron chi connectivity index (χ0n) is 9.56. The maximum Gasteiger partial charge on any atom is 0.249 e. The number of carbonyl (C=O) groups is 1. The van der Waals surface area contributed by atoms with Crippen molar-refractivity contribution in [2.24, 2.45) is 5.73 Å². The molecule has 0 aliphatic carbocycles. The molecule has 3 nitrogen and oxygen atoms in total. The minimum absolute atomic E-state index is 0.00831. The van der Waals surface area contributed by atoms with Gasteiger partial charge in [0.2, 0.25) is 5.91 Å². The highest BCUT2D eigenvalue weighted by Crippen LogP contribution is 2.26. The number of hydrogen-bond acceptors (Lipinski definition) is 2. The third-order valence-corrected chi connectivity index (χ3v) is 3.33. The lowest BCUT2D eigenvalue weighted by Crippen LogP contribution is -2.11. The summed E-state index contributed by atoms with van der Waals surface area (Å²) in [6, 6.07) is 13.0. The van der Waals surface area contributed by atoms with Gasteiger partial charge in [-0.3, -0.25) is 4.79 Å². The van der Waals surface area contributed by atoms with Gasteiger partial charge < -0.3 is 10.8 Å². The summed E-state index contributed by atoms with van der Waals surface area (Å²) in [6.07, 6.45) is 0. The van der Waals surface area contributed by atoms with Crippen molar-refractivity contribution >= 4 is 21.8 Å². The molecule has 4 heteroatoms. The fourth-order valence-corrected chi connectivity index (χ4v) is 2.32. The first-order valence-electron chi connectivity index (χ1n) is 5.41. The number of halogens is 1. The van der Waals surface area contributed by atoms with Crippen molar-refractivity contribution in [3.05, 3.63) is 58.1 Å². The molecule has 0 saturated heterocycles. The van der Waals surface area contributed by atoms with Gasteiger partial charge in [-0.2, -0.15) is 0 Å². The molecular formula is C14H12BrNO2. The standard InChI is InChI=1S/C14H12BrNO2/c15-13-7-11(4-5-12(13)14(16)18)10-3-1-2-9(6-10)8-17/h1-7,17H,8H2,(H2,16,18). The van der Waals surface area contributed by atoms with Crippen LogP contribution in [0.4, 0.5) is 0 Å². The smallest absolute Gasteiger partial charge is 0.249 e. The van der Waals surface area contributed by atoms with Gasteiger partial charge in [-0.1, -0.05) is 24.3 Å². The Morgan fingerprint density at radius 3 is 2.50 bits per heavy atom. The molecule has 1 amide bonds. The molecule has 0 bridgehead atoms. The van der Waals surface area contributed by atoms with Crippen molar-refractivity contribution in [1.82, 2.24) is 0 Å². The summed E-state index contributed by atoms with van der Waals surface area (Å²) < 4.78 is 0.668. The van der Waals surface area contributed by atoms with E-state index in [1.807, 2.05) is 36.4 Å². The molecule has 0 aliphatic heterocycles. The SMILES string of the molecule is NC(=O)c1ccc(-c2cccc(CO)c2)cc1Br. The van der Waals surface area contributed by atoms with Crippen LogP contribution in [0.5, 0.6) is 0 Å². The minimum Gasteiger partial charge on any atom is -0.392 e. The molecule has 0 saturated carbocycles. The second-order valence-electron chi connectivity index (χ2n) is 3.92. The molecule has 2 rings (SSSR count). The Balaban J connectivity index is 2.45. The molecule has 18 heavy (non-hydrogen) atoms. The van der Waals surface area contributed by atoms with E-state index in [0.717, 1.165) is 16.7 Å². The van der Waals surface area contributed by atoms with Crippen molar-refractivity contribution in [2.75, 3.05) is 0 Å². The van der Waals surface area contributed by atoms with Crippen molar-refractivity contribution in [3.8, 4) is 11.1 Å². The Kier molecular flexibility index (Phi) is 3.79. The summed E-state index contributed by atoms with van der Waals surface area (Å²) in [6.45, 7) is 0.00831. The zero-order valence-corrected chi connectivity index (χ0v) is 11.1. The highest BCUT2D eigenvalue weighted by atomic mass is 79.9. The number of rotatable bonds is 3. The lowest BCUT2D eigenvalue weighted by atomic mass is 10.0. The van der Waals surface area contributed by atoms with Crippen LogP contribution in [0, 0.1) is 0 Å². The molecular weight excluding hydrogens is 294 g/mol. The van der Waals surface area contributed by atoms with Gasteiger partial charge in [0.05, 0.1) is 12.2 Å². The minimum atomic E-state index is -0.461. The van der Waals surface area contributed by atoms with Crippen molar-refractivity contribution in [2.45, 2.75) is 6.61 Å². The van der Waals surface area contributed by atoms with E-state index in [4.69, 9.17) is 10.8 Å². The Bertz CT molecular complexity index is 596. The predicted octanol–water partition coefficient (Wildman–Crippen LogP) is 2.71. The van der Waals surface area contributed by atoms with Crippen molar-refractivity contribution in [1.29, 1.82) is 0 Å². The molecule has 2 aromatic carbocycles. The third kappa shape index (κ3) is 2.60. The van der Waals surface area contributed by atoms with Crippen LogP contribution >= 0.6 is 15.9 Å². The molecule has 92 valence electrons. The zero-order chi connectivity index (χ0) is 13.1. The molecule has 0 fully saturated rings. The van der Waals surface area contributed by atoms with Crippen molar-refractivity contribution < 1.29 is 9.90 Å². The van der Waals surface area contributed by atoms with E-state index in [1.165, 1.54) is 0 Å². The van der Waals surface area contributed by atoms with Crippen LogP contribution in [0.2, 0.25) is 0 Å². The first-order chi connectivity index (χ1) is 8.61. The molecule has 0 spiro atoms. The van der Waals surface area contributed by atoms with Crippen molar-refractivity contribution in [3.63, 3.8) is 0 Å². The summed E-state index contributed by atoms with van der Waals surface area (Å²) >= 11 is 3.33. The predicted molar refractivity (Wildman–Crippen MR) is 74.0 cm³/mol. The van der Waals surface area contributed by atoms with E-state index in [1.54, 1.807) is 6.07 Å². The van der Waals surface area contributed by atoms with Crippen LogP contribution in [0.3, 0.4) is 0 Å². The number of benzene rings is 2. The quantitative estimate of drug-likeness (QED) is 0.916. The van der Waals surface area contributed by atoms with E-state index in [9.17, 15) is 4.79 Å². The molecule has 0 radical (unpaired) electrons. The Morgan fingerprint density at radius 2 is 1.89 bits per heavy atom. The van der Waals surface area contributed by atoms with Gasteiger partial charge in [0, 0.05) is 4.47 Å². The van der Waals surface area contributed by atoms with Gasteiger partial charge in [-0.05, 0) is 50.8 Å². The second kappa shape index (κ2) is 5.33. The molecule has 3 N–H and O–H groups in total. The molecule has 0 atom stereocenters. The van der Waals surface area contributed by atoms with E-state index in [0.29, 0.717) is 10.0 Å². The van der Waals surface area contributed by atoms with E-state index < -0.39 is 5.91 Å². The molecule has 0 aromatic heterocycles. The highest BCUT2D eigenvalue weighted by molar-refractivity contribution is 9.10. The fraction of sp³-hybridized carbons (Fsp3) is 0.0714. The number of nitrogens with two attached hydrogens (primary N) is 1. The average molecular weight is 306 g/mol. The van der Waals surface area contributed by atoms with Gasteiger partial charge in [0.25, 0.3) is 0 Å². The molecule has 0 aliphatic rings. The van der Waals surface area contributed by atoms with Crippen LogP contribution in [0.15, 0.2) is 46.9 Å². The summed E-state index contributed by atoms with van der Waals surface area (Å²) in [5, 5.41) is 9.11. The van der Waals surface area contributed by atoms with Crippen LogP contribution in [0.1, 0.15) is 15.9 Å². The number of carbonyl (C=O) groups excluding carboxylic acids is 1. The fourth-order valence-electron chi connectivity index (χ4n) is 1.74. The molecule has 0 heterocycles. The number of primary amides is 1. The van der Waals surface area contributed by atoms with Crippen LogP contribution in [-0.4, -0.2) is 11.0 Å². The van der Waals surface area contributed by atoms with Crippen LogP contribution < -0.4 is 5.73 Å². The van der Waals surface area contributed by atoms with E-state index >= 15 is 0 Å². The van der Waals surface area contributed by atoms with E-state index in [2.05, 4.69) is 15.9 Å². The maximum atomic E-state index is 11.1. The molecule has 0 unspecified atom stereocenters. The second-order valence-corrected chi connectivity index (χ2v) is 4.77. The van der Waals surface area contributed by atoms with Crippen LogP contribution in [0.25, 0.3) is 11.1 Å².